The number of hydrogen-bond donors (Lipinski definition) is 0. The second kappa shape index (κ2) is 6.81. The van der Waals surface area contributed by atoms with Gasteiger partial charge in [-0.2, -0.15) is 0 Å². The first kappa shape index (κ1) is 12.5. The Morgan fingerprint density at radius 1 is 1.36 bits per heavy atom. The van der Waals surface area contributed by atoms with Gasteiger partial charge in [-0.1, -0.05) is 22.9 Å². The molecule has 0 radical (unpaired) electrons. The topological polar surface area (TPSA) is 6.48 Å². The van der Waals surface area contributed by atoms with E-state index in [1.807, 2.05) is 0 Å². The maximum Gasteiger partial charge on any atom is 0.0117 e. The molecule has 0 bridgehead atoms. The van der Waals surface area contributed by atoms with Crippen molar-refractivity contribution in [3.8, 4) is 0 Å². The number of nitrogens with zero attached hydrogens (tertiary/aromatic N) is 2. The van der Waals surface area contributed by atoms with Crippen LogP contribution in [0.15, 0.2) is 0 Å². The van der Waals surface area contributed by atoms with E-state index in [2.05, 4.69) is 39.7 Å². The van der Waals surface area contributed by atoms with Gasteiger partial charge in [0.1, 0.15) is 0 Å². The molecule has 0 amide bonds. The predicted molar refractivity (Wildman–Crippen MR) is 66.2 cm³/mol. The van der Waals surface area contributed by atoms with Gasteiger partial charge in [-0.3, -0.25) is 0 Å². The van der Waals surface area contributed by atoms with Crippen molar-refractivity contribution in [2.75, 3.05) is 38.6 Å². The van der Waals surface area contributed by atoms with Gasteiger partial charge in [0.2, 0.25) is 0 Å². The number of alkyl halides is 1. The van der Waals surface area contributed by atoms with E-state index in [4.69, 9.17) is 0 Å². The Bertz CT molecular complexity index is 144. The third-order valence-electron chi connectivity index (χ3n) is 3.27. The van der Waals surface area contributed by atoms with E-state index in [-0.39, 0.29) is 0 Å². The Kier molecular flexibility index (Phi) is 6.06. The molecule has 1 saturated heterocycles. The average molecular weight is 263 g/mol. The lowest BCUT2D eigenvalue weighted by molar-refractivity contribution is 0.132. The average Bonchev–Trinajstić information content (AvgIpc) is 2.26. The zero-order valence-corrected chi connectivity index (χ0v) is 11.1. The minimum Gasteiger partial charge on any atom is -0.303 e. The monoisotopic (exact) mass is 262 g/mol. The summed E-state index contributed by atoms with van der Waals surface area (Å²) < 4.78 is 0. The molecule has 2 nitrogen and oxygen atoms in total. The van der Waals surface area contributed by atoms with E-state index in [1.165, 1.54) is 45.4 Å². The van der Waals surface area contributed by atoms with E-state index in [0.29, 0.717) is 0 Å². The highest BCUT2D eigenvalue weighted by atomic mass is 79.9. The summed E-state index contributed by atoms with van der Waals surface area (Å²) in [5, 5.41) is 1.13. The minimum absolute atomic E-state index is 0.830. The molecular weight excluding hydrogens is 240 g/mol. The molecule has 0 aliphatic carbocycles. The highest BCUT2D eigenvalue weighted by Crippen LogP contribution is 2.15. The number of rotatable bonds is 5. The largest absolute Gasteiger partial charge is 0.303 e. The number of hydrogen-bond acceptors (Lipinski definition) is 2. The molecule has 0 atom stereocenters. The Morgan fingerprint density at radius 3 is 2.50 bits per heavy atom. The molecule has 0 aromatic carbocycles. The number of likely N-dealkylation sites (tertiary alicyclic amines) is 1. The molecule has 1 fully saturated rings. The van der Waals surface area contributed by atoms with E-state index in [9.17, 15) is 0 Å². The first-order chi connectivity index (χ1) is 6.77. The molecule has 14 heavy (non-hydrogen) atoms. The molecule has 1 heterocycles. The lowest BCUT2D eigenvalue weighted by Crippen LogP contribution is -2.43. The summed E-state index contributed by atoms with van der Waals surface area (Å²) in [6.45, 7) is 7.30. The van der Waals surface area contributed by atoms with Gasteiger partial charge in [-0.05, 0) is 52.5 Å². The molecule has 0 N–H and O–H groups in total. The van der Waals surface area contributed by atoms with Crippen molar-refractivity contribution in [3.05, 3.63) is 0 Å². The summed E-state index contributed by atoms with van der Waals surface area (Å²) in [5.41, 5.74) is 0. The molecule has 0 aromatic rings. The van der Waals surface area contributed by atoms with Crippen LogP contribution in [-0.4, -0.2) is 54.4 Å². The maximum absolute atomic E-state index is 3.49. The summed E-state index contributed by atoms with van der Waals surface area (Å²) in [6.07, 6.45) is 3.98. The molecule has 0 aromatic heterocycles. The summed E-state index contributed by atoms with van der Waals surface area (Å²) in [7, 11) is 2.27. The molecule has 1 rings (SSSR count). The molecule has 84 valence electrons. The lowest BCUT2D eigenvalue weighted by atomic mass is 10.0. The highest BCUT2D eigenvalue weighted by Gasteiger charge is 2.20. The van der Waals surface area contributed by atoms with Gasteiger partial charge in [0.15, 0.2) is 0 Å². The normalized spacial score (nSPS) is 20.6. The van der Waals surface area contributed by atoms with Crippen LogP contribution in [0, 0.1) is 0 Å². The summed E-state index contributed by atoms with van der Waals surface area (Å²) in [6, 6.07) is 0.830. The van der Waals surface area contributed by atoms with Crippen LogP contribution in [0.5, 0.6) is 0 Å². The Labute approximate surface area is 96.8 Å². The van der Waals surface area contributed by atoms with Gasteiger partial charge >= 0.3 is 0 Å². The fourth-order valence-electron chi connectivity index (χ4n) is 2.17. The molecule has 1 aliphatic heterocycles. The van der Waals surface area contributed by atoms with Crippen molar-refractivity contribution in [1.29, 1.82) is 0 Å². The summed E-state index contributed by atoms with van der Waals surface area (Å²) in [5.74, 6) is 0. The zero-order chi connectivity index (χ0) is 10.4. The predicted octanol–water partition coefficient (Wildman–Crippen LogP) is 2.19. The second-order valence-corrected chi connectivity index (χ2v) is 4.98. The Balaban J connectivity index is 2.19. The minimum atomic E-state index is 0.830. The molecule has 0 saturated carbocycles. The van der Waals surface area contributed by atoms with Gasteiger partial charge in [0, 0.05) is 11.4 Å². The van der Waals surface area contributed by atoms with Gasteiger partial charge < -0.3 is 9.80 Å². The van der Waals surface area contributed by atoms with Crippen LogP contribution in [0.2, 0.25) is 0 Å². The van der Waals surface area contributed by atoms with E-state index in [1.54, 1.807) is 0 Å². The van der Waals surface area contributed by atoms with Crippen LogP contribution in [0.1, 0.15) is 26.2 Å². The number of halogens is 1. The smallest absolute Gasteiger partial charge is 0.0117 e. The molecular formula is C11H23BrN2. The van der Waals surface area contributed by atoms with Crippen LogP contribution in [-0.2, 0) is 0 Å². The first-order valence-electron chi connectivity index (χ1n) is 5.76. The number of piperidine rings is 1. The van der Waals surface area contributed by atoms with Gasteiger partial charge in [0.05, 0.1) is 0 Å². The van der Waals surface area contributed by atoms with Gasteiger partial charge in [0.25, 0.3) is 0 Å². The molecule has 3 heteroatoms. The SMILES string of the molecule is CCN1CCC(N(C)CCCBr)CC1. The molecule has 0 spiro atoms. The summed E-state index contributed by atoms with van der Waals surface area (Å²) in [4.78, 5) is 5.09. The third kappa shape index (κ3) is 3.87. The zero-order valence-electron chi connectivity index (χ0n) is 9.51. The van der Waals surface area contributed by atoms with Crippen LogP contribution in [0.25, 0.3) is 0 Å². The molecule has 0 unspecified atom stereocenters. The van der Waals surface area contributed by atoms with Crippen molar-refractivity contribution in [2.45, 2.75) is 32.2 Å². The van der Waals surface area contributed by atoms with Crippen molar-refractivity contribution in [3.63, 3.8) is 0 Å². The maximum atomic E-state index is 3.49. The van der Waals surface area contributed by atoms with Gasteiger partial charge in [-0.15, -0.1) is 0 Å². The van der Waals surface area contributed by atoms with Crippen molar-refractivity contribution in [2.24, 2.45) is 0 Å². The van der Waals surface area contributed by atoms with E-state index >= 15 is 0 Å². The molecule has 1 aliphatic rings. The second-order valence-electron chi connectivity index (χ2n) is 4.19. The van der Waals surface area contributed by atoms with E-state index in [0.717, 1.165) is 11.4 Å². The summed E-state index contributed by atoms with van der Waals surface area (Å²) >= 11 is 3.49. The highest BCUT2D eigenvalue weighted by molar-refractivity contribution is 9.09. The fraction of sp³-hybridized carbons (Fsp3) is 1.00. The fourth-order valence-corrected chi connectivity index (χ4v) is 2.42. The standard InChI is InChI=1S/C11H23BrN2/c1-3-14-9-5-11(6-10-14)13(2)8-4-7-12/h11H,3-10H2,1-2H3. The van der Waals surface area contributed by atoms with Crippen molar-refractivity contribution in [1.82, 2.24) is 9.80 Å². The first-order valence-corrected chi connectivity index (χ1v) is 6.88. The van der Waals surface area contributed by atoms with E-state index < -0.39 is 0 Å². The lowest BCUT2D eigenvalue weighted by Gasteiger charge is -2.36. The third-order valence-corrected chi connectivity index (χ3v) is 3.83. The van der Waals surface area contributed by atoms with Crippen LogP contribution >= 0.6 is 15.9 Å². The Hall–Kier alpha value is 0.400. The van der Waals surface area contributed by atoms with Crippen LogP contribution < -0.4 is 0 Å². The van der Waals surface area contributed by atoms with Crippen LogP contribution in [0.4, 0.5) is 0 Å². The Morgan fingerprint density at radius 2 is 2.00 bits per heavy atom. The van der Waals surface area contributed by atoms with Crippen LogP contribution in [0.3, 0.4) is 0 Å². The van der Waals surface area contributed by atoms with Gasteiger partial charge in [-0.25, -0.2) is 0 Å². The quantitative estimate of drug-likeness (QED) is 0.701. The van der Waals surface area contributed by atoms with Crippen molar-refractivity contribution >= 4 is 15.9 Å². The van der Waals surface area contributed by atoms with Crippen molar-refractivity contribution < 1.29 is 0 Å².